The van der Waals surface area contributed by atoms with Crippen LogP contribution in [0, 0.1) is 0 Å². The molecule has 0 aliphatic carbocycles. The first-order valence-electron chi connectivity index (χ1n) is 8.65. The number of hydrogen-bond donors (Lipinski definition) is 5. The number of H-pyrrole nitrogens is 1. The third-order valence-corrected chi connectivity index (χ3v) is 5.21. The molecule has 3 heterocycles. The molecule has 0 radical (unpaired) electrons. The minimum Gasteiger partial charge on any atom is -0.395 e. The van der Waals surface area contributed by atoms with Gasteiger partial charge in [-0.3, -0.25) is 19.2 Å². The molecule has 160 valence electrons. The molecule has 1 fully saturated rings. The van der Waals surface area contributed by atoms with E-state index in [1.165, 1.54) is 12.1 Å². The monoisotopic (exact) mass is 440 g/mol. The fraction of sp³-hybridized carbons (Fsp3) is 0.312. The van der Waals surface area contributed by atoms with Gasteiger partial charge in [0, 0.05) is 0 Å². The molecule has 3 aromatic rings. The van der Waals surface area contributed by atoms with Crippen LogP contribution >= 0.6 is 7.82 Å². The molecule has 1 aliphatic heterocycles. The number of para-hydroxylation sites is 1. The van der Waals surface area contributed by atoms with Crippen LogP contribution in [0.5, 0.6) is 11.8 Å². The maximum atomic E-state index is 12.3. The third kappa shape index (κ3) is 3.81. The number of aromatic nitrogens is 4. The van der Waals surface area contributed by atoms with Gasteiger partial charge in [0.05, 0.1) is 12.9 Å². The second kappa shape index (κ2) is 7.80. The number of imidazole rings is 1. The summed E-state index contributed by atoms with van der Waals surface area (Å²) >= 11 is 0. The van der Waals surface area contributed by atoms with Crippen LogP contribution in [0.4, 0.5) is 0 Å². The molecule has 0 spiro atoms. The molecular formula is C16H17N4O9P. The molecule has 1 aliphatic rings. The SMILES string of the molecule is O=c1[nH]c(OP(=O)(O)Oc2ccccc2)nc2c1ncn2[C@@H]1O[C@H](CO)[C@@H](O)[C@H]1O. The molecule has 0 amide bonds. The molecule has 30 heavy (non-hydrogen) atoms. The van der Waals surface area contributed by atoms with Crippen LogP contribution in [0.15, 0.2) is 41.5 Å². The second-order valence-electron chi connectivity index (χ2n) is 6.39. The van der Waals surface area contributed by atoms with E-state index in [1.54, 1.807) is 18.2 Å². The molecule has 0 bridgehead atoms. The lowest BCUT2D eigenvalue weighted by atomic mass is 10.1. The quantitative estimate of drug-likeness (QED) is 0.304. The number of nitrogens with one attached hydrogen (secondary N) is 1. The van der Waals surface area contributed by atoms with Gasteiger partial charge < -0.3 is 29.1 Å². The molecule has 14 heteroatoms. The van der Waals surface area contributed by atoms with Crippen molar-refractivity contribution < 1.29 is 38.6 Å². The Kier molecular flexibility index (Phi) is 5.32. The van der Waals surface area contributed by atoms with Gasteiger partial charge in [-0.2, -0.15) is 4.98 Å². The van der Waals surface area contributed by atoms with Gasteiger partial charge in [-0.1, -0.05) is 18.2 Å². The molecule has 2 aromatic heterocycles. The van der Waals surface area contributed by atoms with Crippen molar-refractivity contribution in [2.24, 2.45) is 0 Å². The Morgan fingerprint density at radius 2 is 1.93 bits per heavy atom. The van der Waals surface area contributed by atoms with Gasteiger partial charge in [0.2, 0.25) is 0 Å². The van der Waals surface area contributed by atoms with E-state index >= 15 is 0 Å². The maximum Gasteiger partial charge on any atom is 0.587 e. The lowest BCUT2D eigenvalue weighted by Gasteiger charge is -2.17. The number of phosphoric acid groups is 1. The fourth-order valence-corrected chi connectivity index (χ4v) is 3.72. The summed E-state index contributed by atoms with van der Waals surface area (Å²) < 4.78 is 28.6. The zero-order chi connectivity index (χ0) is 21.5. The molecule has 1 aromatic carbocycles. The van der Waals surface area contributed by atoms with E-state index < -0.39 is 50.5 Å². The van der Waals surface area contributed by atoms with Crippen molar-refractivity contribution in [2.45, 2.75) is 24.5 Å². The number of aliphatic hydroxyl groups is 3. The highest BCUT2D eigenvalue weighted by Gasteiger charge is 2.44. The molecule has 5 N–H and O–H groups in total. The summed E-state index contributed by atoms with van der Waals surface area (Å²) in [6.07, 6.45) is -3.97. The molecule has 13 nitrogen and oxygen atoms in total. The predicted octanol–water partition coefficient (Wildman–Crippen LogP) is -0.711. The number of benzene rings is 1. The predicted molar refractivity (Wildman–Crippen MR) is 98.7 cm³/mol. The number of nitrogens with zero attached hydrogens (tertiary/aromatic N) is 3. The standard InChI is InChI=1S/C16H17N4O9P/c21-6-9-11(22)12(23)15(27-9)20-7-17-10-13(20)18-16(19-14(10)24)29-30(25,26)28-8-4-2-1-3-5-8/h1-5,7,9,11-12,15,21-23H,6H2,(H,25,26)(H,18,19,24)/t9-,11-,12-,15-/m1/s1. The number of hydrogen-bond acceptors (Lipinski definition) is 10. The Balaban J connectivity index is 1.66. The Bertz CT molecular complexity index is 1150. The normalized spacial score (nSPS) is 25.9. The summed E-state index contributed by atoms with van der Waals surface area (Å²) in [7, 11) is -4.71. The Labute approximate surface area is 167 Å². The van der Waals surface area contributed by atoms with Gasteiger partial charge in [-0.05, 0) is 12.1 Å². The highest BCUT2D eigenvalue weighted by atomic mass is 31.2. The summed E-state index contributed by atoms with van der Waals surface area (Å²) in [6, 6.07) is 7.08. The van der Waals surface area contributed by atoms with E-state index in [0.717, 1.165) is 10.9 Å². The third-order valence-electron chi connectivity index (χ3n) is 4.37. The van der Waals surface area contributed by atoms with E-state index in [1.807, 2.05) is 0 Å². The highest BCUT2D eigenvalue weighted by molar-refractivity contribution is 7.48. The first-order chi connectivity index (χ1) is 14.3. The smallest absolute Gasteiger partial charge is 0.395 e. The first kappa shape index (κ1) is 20.5. The minimum absolute atomic E-state index is 0.0586. The fourth-order valence-electron chi connectivity index (χ4n) is 2.99. The Morgan fingerprint density at radius 3 is 2.60 bits per heavy atom. The van der Waals surface area contributed by atoms with E-state index in [2.05, 4.69) is 15.0 Å². The number of fused-ring (bicyclic) bond motifs is 1. The van der Waals surface area contributed by atoms with Crippen LogP contribution in [0.1, 0.15) is 6.23 Å². The van der Waals surface area contributed by atoms with Crippen LogP contribution in [0.25, 0.3) is 11.2 Å². The number of aromatic amines is 1. The summed E-state index contributed by atoms with van der Waals surface area (Å²) in [5.41, 5.74) is -1.11. The average molecular weight is 440 g/mol. The second-order valence-corrected chi connectivity index (χ2v) is 7.69. The van der Waals surface area contributed by atoms with Crippen molar-refractivity contribution in [3.8, 4) is 11.8 Å². The lowest BCUT2D eigenvalue weighted by molar-refractivity contribution is -0.0511. The van der Waals surface area contributed by atoms with Gasteiger partial charge >= 0.3 is 13.8 Å². The van der Waals surface area contributed by atoms with Crippen molar-refractivity contribution in [1.82, 2.24) is 19.5 Å². The van der Waals surface area contributed by atoms with Crippen LogP contribution in [-0.4, -0.2) is 64.7 Å². The van der Waals surface area contributed by atoms with Crippen molar-refractivity contribution in [3.63, 3.8) is 0 Å². The maximum absolute atomic E-state index is 12.3. The van der Waals surface area contributed by atoms with Crippen molar-refractivity contribution in [1.29, 1.82) is 0 Å². The zero-order valence-corrected chi connectivity index (χ0v) is 16.0. The summed E-state index contributed by atoms with van der Waals surface area (Å²) in [5.74, 6) is 0.0586. The summed E-state index contributed by atoms with van der Waals surface area (Å²) in [6.45, 7) is -0.547. The van der Waals surface area contributed by atoms with Gasteiger partial charge in [0.15, 0.2) is 17.4 Å². The van der Waals surface area contributed by atoms with Gasteiger partial charge in [0.1, 0.15) is 24.1 Å². The largest absolute Gasteiger partial charge is 0.587 e. The van der Waals surface area contributed by atoms with Crippen LogP contribution < -0.4 is 14.6 Å². The molecular weight excluding hydrogens is 423 g/mol. The van der Waals surface area contributed by atoms with E-state index in [4.69, 9.17) is 13.8 Å². The Hall–Kier alpha value is -2.80. The summed E-state index contributed by atoms with van der Waals surface area (Å²) in [4.78, 5) is 32.2. The van der Waals surface area contributed by atoms with Crippen LogP contribution in [-0.2, 0) is 9.30 Å². The van der Waals surface area contributed by atoms with Crippen LogP contribution in [0.3, 0.4) is 0 Å². The Morgan fingerprint density at radius 1 is 1.20 bits per heavy atom. The van der Waals surface area contributed by atoms with Gasteiger partial charge in [-0.15, -0.1) is 0 Å². The average Bonchev–Trinajstić information content (AvgIpc) is 3.23. The number of aliphatic hydroxyl groups excluding tert-OH is 3. The molecule has 5 atom stereocenters. The number of ether oxygens (including phenoxy) is 1. The van der Waals surface area contributed by atoms with Crippen molar-refractivity contribution in [3.05, 3.63) is 47.0 Å². The molecule has 1 unspecified atom stereocenters. The topological polar surface area (TPSA) is 189 Å². The number of rotatable bonds is 6. The van der Waals surface area contributed by atoms with Crippen molar-refractivity contribution >= 4 is 19.0 Å². The van der Waals surface area contributed by atoms with E-state index in [0.29, 0.717) is 0 Å². The van der Waals surface area contributed by atoms with Gasteiger partial charge in [0.25, 0.3) is 5.56 Å². The van der Waals surface area contributed by atoms with Gasteiger partial charge in [-0.25, -0.2) is 9.55 Å². The number of phosphoric ester groups is 1. The van der Waals surface area contributed by atoms with Crippen molar-refractivity contribution in [2.75, 3.05) is 6.61 Å². The molecule has 4 rings (SSSR count). The lowest BCUT2D eigenvalue weighted by Crippen LogP contribution is -2.33. The van der Waals surface area contributed by atoms with E-state index in [-0.39, 0.29) is 16.9 Å². The van der Waals surface area contributed by atoms with Crippen LogP contribution in [0.2, 0.25) is 0 Å². The molecule has 0 saturated carbocycles. The minimum atomic E-state index is -4.71. The highest BCUT2D eigenvalue weighted by Crippen LogP contribution is 2.43. The zero-order valence-electron chi connectivity index (χ0n) is 15.1. The summed E-state index contributed by atoms with van der Waals surface area (Å²) in [5, 5.41) is 29.4. The first-order valence-corrected chi connectivity index (χ1v) is 10.1. The molecule has 1 saturated heterocycles. The van der Waals surface area contributed by atoms with E-state index in [9.17, 15) is 29.6 Å².